The molecule has 1 fully saturated rings. The van der Waals surface area contributed by atoms with Crippen LogP contribution in [-0.4, -0.2) is 18.4 Å². The van der Waals surface area contributed by atoms with Gasteiger partial charge in [-0.2, -0.15) is 0 Å². The van der Waals surface area contributed by atoms with Gasteiger partial charge in [0.1, 0.15) is 12.2 Å². The molecule has 0 spiro atoms. The molecule has 0 radical (unpaired) electrons. The van der Waals surface area contributed by atoms with Crippen molar-refractivity contribution in [2.75, 3.05) is 0 Å². The Morgan fingerprint density at radius 3 is 1.55 bits per heavy atom. The Labute approximate surface area is 123 Å². The zero-order valence-electron chi connectivity index (χ0n) is 13.2. The zero-order chi connectivity index (χ0) is 15.3. The van der Waals surface area contributed by atoms with E-state index in [4.69, 9.17) is 9.47 Å². The van der Waals surface area contributed by atoms with Crippen LogP contribution < -0.4 is 0 Å². The van der Waals surface area contributed by atoms with Crippen molar-refractivity contribution in [2.24, 2.45) is 23.7 Å². The van der Waals surface area contributed by atoms with Crippen LogP contribution in [0.2, 0.25) is 0 Å². The molecule has 1 aliphatic rings. The largest absolute Gasteiger partial charge is 0.508 e. The van der Waals surface area contributed by atoms with E-state index in [1.807, 2.05) is 12.2 Å². The number of hydrogen-bond donors (Lipinski definition) is 0. The smallest absolute Gasteiger partial charge is 0.430 e. The fourth-order valence-electron chi connectivity index (χ4n) is 2.90. The first-order valence-corrected chi connectivity index (χ1v) is 7.53. The van der Waals surface area contributed by atoms with Gasteiger partial charge in [-0.1, -0.05) is 39.8 Å². The third kappa shape index (κ3) is 4.12. The van der Waals surface area contributed by atoms with Crippen LogP contribution >= 0.6 is 0 Å². The Hall–Kier alpha value is -1.25. The van der Waals surface area contributed by atoms with Gasteiger partial charge in [0.15, 0.2) is 0 Å². The Morgan fingerprint density at radius 1 is 0.950 bits per heavy atom. The number of cyclic esters (lactones) is 2. The highest BCUT2D eigenvalue weighted by molar-refractivity contribution is 5.60. The maximum absolute atomic E-state index is 12.0. The van der Waals surface area contributed by atoms with Crippen LogP contribution in [0.4, 0.5) is 4.79 Å². The molecule has 0 aromatic heterocycles. The average Bonchev–Trinajstić information content (AvgIpc) is 2.45. The summed E-state index contributed by atoms with van der Waals surface area (Å²) in [6.07, 6.45) is 4.75. The lowest BCUT2D eigenvalue weighted by Gasteiger charge is -2.27. The second-order valence-corrected chi connectivity index (χ2v) is 6.28. The molecule has 1 aliphatic heterocycles. The summed E-state index contributed by atoms with van der Waals surface area (Å²) in [6, 6.07) is 0. The van der Waals surface area contributed by atoms with Gasteiger partial charge in [0, 0.05) is 11.8 Å². The van der Waals surface area contributed by atoms with Crippen LogP contribution in [0.1, 0.15) is 40.5 Å². The summed E-state index contributed by atoms with van der Waals surface area (Å²) in [5.41, 5.74) is 0. The summed E-state index contributed by atoms with van der Waals surface area (Å²) < 4.78 is 11.1. The number of carbonyl (C=O) groups is 1. The molecular formula is C17H28O3. The lowest BCUT2D eigenvalue weighted by Crippen LogP contribution is -2.33. The Morgan fingerprint density at radius 2 is 1.30 bits per heavy atom. The van der Waals surface area contributed by atoms with Gasteiger partial charge < -0.3 is 9.47 Å². The standard InChI is InChI=1S/C17H28O3/c1-7-13-9-10-14(8-2)16(12(5)6)20-17(18)19-15(13)11(3)4/h7-8,11-16H,1-2,9-10H2,3-6H3/t13-,14+,15+,16-. The van der Waals surface area contributed by atoms with E-state index in [9.17, 15) is 4.79 Å². The summed E-state index contributed by atoms with van der Waals surface area (Å²) in [4.78, 5) is 12.0. The Bertz CT molecular complexity index is 314. The van der Waals surface area contributed by atoms with E-state index in [1.165, 1.54) is 0 Å². The fraction of sp³-hybridized carbons (Fsp3) is 0.706. The van der Waals surface area contributed by atoms with Gasteiger partial charge in [0.2, 0.25) is 0 Å². The molecule has 0 unspecified atom stereocenters. The third-order valence-corrected chi connectivity index (χ3v) is 4.06. The maximum atomic E-state index is 12.0. The second kappa shape index (κ2) is 7.51. The van der Waals surface area contributed by atoms with Gasteiger partial charge in [-0.15, -0.1) is 13.2 Å². The molecule has 4 atom stereocenters. The van der Waals surface area contributed by atoms with E-state index in [0.29, 0.717) is 0 Å². The minimum Gasteiger partial charge on any atom is -0.430 e. The monoisotopic (exact) mass is 280 g/mol. The molecular weight excluding hydrogens is 252 g/mol. The average molecular weight is 280 g/mol. The predicted octanol–water partition coefficient (Wildman–Crippen LogP) is 4.59. The SMILES string of the molecule is C=C[C@@H]1CC[C@H](C=C)[C@@H](C(C)C)OC(=O)O[C@H]1C(C)C. The summed E-state index contributed by atoms with van der Waals surface area (Å²) in [5.74, 6) is 0.804. The molecule has 3 heteroatoms. The van der Waals surface area contributed by atoms with Crippen molar-refractivity contribution in [3.05, 3.63) is 25.3 Å². The summed E-state index contributed by atoms with van der Waals surface area (Å²) in [6.45, 7) is 16.0. The van der Waals surface area contributed by atoms with Crippen molar-refractivity contribution < 1.29 is 14.3 Å². The normalized spacial score (nSPS) is 31.8. The first kappa shape index (κ1) is 16.8. The number of ether oxygens (including phenoxy) is 2. The number of rotatable bonds is 4. The van der Waals surface area contributed by atoms with Gasteiger partial charge in [-0.25, -0.2) is 4.79 Å². The molecule has 0 aromatic carbocycles. The van der Waals surface area contributed by atoms with Crippen molar-refractivity contribution in [3.63, 3.8) is 0 Å². The molecule has 0 N–H and O–H groups in total. The van der Waals surface area contributed by atoms with Gasteiger partial charge >= 0.3 is 6.16 Å². The lowest BCUT2D eigenvalue weighted by molar-refractivity contribution is -0.0367. The van der Waals surface area contributed by atoms with Gasteiger partial charge in [0.05, 0.1) is 0 Å². The van der Waals surface area contributed by atoms with Crippen molar-refractivity contribution in [1.82, 2.24) is 0 Å². The van der Waals surface area contributed by atoms with Crippen molar-refractivity contribution >= 4 is 6.16 Å². The van der Waals surface area contributed by atoms with Gasteiger partial charge in [-0.3, -0.25) is 0 Å². The maximum Gasteiger partial charge on any atom is 0.508 e. The topological polar surface area (TPSA) is 35.5 Å². The highest BCUT2D eigenvalue weighted by Gasteiger charge is 2.34. The van der Waals surface area contributed by atoms with Crippen LogP contribution in [0, 0.1) is 23.7 Å². The highest BCUT2D eigenvalue weighted by Crippen LogP contribution is 2.31. The fourth-order valence-corrected chi connectivity index (χ4v) is 2.90. The van der Waals surface area contributed by atoms with E-state index in [-0.39, 0.29) is 35.9 Å². The van der Waals surface area contributed by atoms with Crippen molar-refractivity contribution in [3.8, 4) is 0 Å². The summed E-state index contributed by atoms with van der Waals surface area (Å²) in [5, 5.41) is 0. The second-order valence-electron chi connectivity index (χ2n) is 6.28. The zero-order valence-corrected chi connectivity index (χ0v) is 13.2. The van der Waals surface area contributed by atoms with Gasteiger partial charge in [-0.05, 0) is 24.7 Å². The predicted molar refractivity (Wildman–Crippen MR) is 81.4 cm³/mol. The molecule has 0 aliphatic carbocycles. The first-order valence-electron chi connectivity index (χ1n) is 7.53. The number of hydrogen-bond acceptors (Lipinski definition) is 3. The molecule has 114 valence electrons. The lowest BCUT2D eigenvalue weighted by atomic mass is 9.83. The van der Waals surface area contributed by atoms with Crippen LogP contribution in [0.15, 0.2) is 25.3 Å². The third-order valence-electron chi connectivity index (χ3n) is 4.06. The van der Waals surface area contributed by atoms with E-state index in [1.54, 1.807) is 0 Å². The highest BCUT2D eigenvalue weighted by atomic mass is 16.7. The van der Waals surface area contributed by atoms with Crippen molar-refractivity contribution in [1.29, 1.82) is 0 Å². The van der Waals surface area contributed by atoms with E-state index in [0.717, 1.165) is 12.8 Å². The van der Waals surface area contributed by atoms with Gasteiger partial charge in [0.25, 0.3) is 0 Å². The number of carbonyl (C=O) groups excluding carboxylic acids is 1. The molecule has 3 nitrogen and oxygen atoms in total. The molecule has 1 rings (SSSR count). The molecule has 1 heterocycles. The van der Waals surface area contributed by atoms with Crippen molar-refractivity contribution in [2.45, 2.75) is 52.7 Å². The molecule has 0 amide bonds. The van der Waals surface area contributed by atoms with E-state index < -0.39 is 6.16 Å². The Kier molecular flexibility index (Phi) is 6.31. The first-order chi connectivity index (χ1) is 9.40. The molecule has 0 aromatic rings. The van der Waals surface area contributed by atoms with Crippen LogP contribution in [-0.2, 0) is 9.47 Å². The Balaban J connectivity index is 3.00. The molecule has 1 saturated heterocycles. The molecule has 20 heavy (non-hydrogen) atoms. The van der Waals surface area contributed by atoms with Crippen LogP contribution in [0.25, 0.3) is 0 Å². The minimum atomic E-state index is -0.567. The summed E-state index contributed by atoms with van der Waals surface area (Å²) in [7, 11) is 0. The van der Waals surface area contributed by atoms with Crippen LogP contribution in [0.5, 0.6) is 0 Å². The molecule has 0 saturated carbocycles. The molecule has 0 bridgehead atoms. The van der Waals surface area contributed by atoms with E-state index >= 15 is 0 Å². The van der Waals surface area contributed by atoms with E-state index in [2.05, 4.69) is 40.9 Å². The summed E-state index contributed by atoms with van der Waals surface area (Å²) >= 11 is 0. The van der Waals surface area contributed by atoms with Crippen LogP contribution in [0.3, 0.4) is 0 Å². The minimum absolute atomic E-state index is 0.163. The quantitative estimate of drug-likeness (QED) is 0.558.